The molecule has 0 saturated heterocycles. The molecule has 0 aliphatic carbocycles. The van der Waals surface area contributed by atoms with Gasteiger partial charge in [0, 0.05) is 0 Å². The topological polar surface area (TPSA) is 0 Å². The smallest absolute Gasteiger partial charge is 0.0348 e. The van der Waals surface area contributed by atoms with Gasteiger partial charge in [-0.25, -0.2) is 0 Å². The van der Waals surface area contributed by atoms with Gasteiger partial charge >= 0.3 is 0 Å². The van der Waals surface area contributed by atoms with Crippen LogP contribution in [0.25, 0.3) is 0 Å². The van der Waals surface area contributed by atoms with Gasteiger partial charge in [-0.1, -0.05) is 90.7 Å². The summed E-state index contributed by atoms with van der Waals surface area (Å²) in [5.74, 6) is 0.993. The molecule has 0 aromatic carbocycles. The summed E-state index contributed by atoms with van der Waals surface area (Å²) in [6.07, 6.45) is 21.5. The molecule has 1 unspecified atom stereocenters. The van der Waals surface area contributed by atoms with Crippen molar-refractivity contribution in [3.63, 3.8) is 0 Å². The summed E-state index contributed by atoms with van der Waals surface area (Å²) >= 11 is 0. The Balaban J connectivity index is 3.66. The maximum absolute atomic E-state index is 2.43. The molecule has 0 radical (unpaired) electrons. The molecule has 0 heterocycles. The van der Waals surface area contributed by atoms with Crippen molar-refractivity contribution in [2.75, 3.05) is 0 Å². The second kappa shape index (κ2) is 14.8. The molecular weight excluding hydrogens is 216 g/mol. The van der Waals surface area contributed by atoms with Crippen LogP contribution in [0.4, 0.5) is 0 Å². The molecule has 108 valence electrons. The minimum atomic E-state index is 0.993. The summed E-state index contributed by atoms with van der Waals surface area (Å²) in [7, 11) is 0. The highest BCUT2D eigenvalue weighted by atomic mass is 14.1. The Kier molecular flexibility index (Phi) is 14.6. The van der Waals surface area contributed by atoms with Crippen molar-refractivity contribution in [2.24, 2.45) is 5.92 Å². The molecular formula is C18H36. The summed E-state index contributed by atoms with van der Waals surface area (Å²) in [5, 5.41) is 0. The third kappa shape index (κ3) is 12.2. The number of hydrogen-bond donors (Lipinski definition) is 0. The van der Waals surface area contributed by atoms with Crippen LogP contribution in [0.15, 0.2) is 12.2 Å². The van der Waals surface area contributed by atoms with Crippen molar-refractivity contribution in [3.8, 4) is 0 Å². The van der Waals surface area contributed by atoms with Gasteiger partial charge in [-0.05, 0) is 25.2 Å². The molecule has 0 aliphatic rings. The van der Waals surface area contributed by atoms with Crippen LogP contribution in [0.5, 0.6) is 0 Å². The fourth-order valence-electron chi connectivity index (χ4n) is 2.50. The van der Waals surface area contributed by atoms with Crippen molar-refractivity contribution in [1.82, 2.24) is 0 Å². The molecule has 1 atom stereocenters. The maximum Gasteiger partial charge on any atom is -0.0348 e. The van der Waals surface area contributed by atoms with Crippen LogP contribution < -0.4 is 0 Å². The Morgan fingerprint density at radius 2 is 1.22 bits per heavy atom. The Hall–Kier alpha value is -0.260. The quantitative estimate of drug-likeness (QED) is 0.247. The Labute approximate surface area is 116 Å². The highest BCUT2D eigenvalue weighted by molar-refractivity contribution is 4.82. The summed E-state index contributed by atoms with van der Waals surface area (Å²) in [5.41, 5.74) is 0. The fraction of sp³-hybridized carbons (Fsp3) is 0.889. The first-order valence-corrected chi connectivity index (χ1v) is 8.50. The summed E-state index contributed by atoms with van der Waals surface area (Å²) in [6, 6.07) is 0. The molecule has 0 spiro atoms. The van der Waals surface area contributed by atoms with Crippen molar-refractivity contribution >= 4 is 0 Å². The largest absolute Gasteiger partial charge is 0.0885 e. The Morgan fingerprint density at radius 3 is 1.89 bits per heavy atom. The second-order valence-electron chi connectivity index (χ2n) is 5.70. The summed E-state index contributed by atoms with van der Waals surface area (Å²) in [6.45, 7) is 6.88. The molecule has 0 rings (SSSR count). The number of unbranched alkanes of at least 4 members (excludes halogenated alkanes) is 5. The molecule has 0 nitrogen and oxygen atoms in total. The molecule has 0 heteroatoms. The van der Waals surface area contributed by atoms with E-state index in [1.807, 2.05) is 0 Å². The summed E-state index contributed by atoms with van der Waals surface area (Å²) in [4.78, 5) is 0. The minimum Gasteiger partial charge on any atom is -0.0885 e. The number of rotatable bonds is 13. The van der Waals surface area contributed by atoms with Crippen LogP contribution in [0.3, 0.4) is 0 Å². The van der Waals surface area contributed by atoms with E-state index in [2.05, 4.69) is 32.9 Å². The standard InChI is InChI=1S/C18H36/c1-4-7-10-11-12-14-17-18(15-9-6-3)16-13-8-5-2/h11-12,18H,4-10,13-17H2,1-3H3. The predicted octanol–water partition coefficient (Wildman–Crippen LogP) is 6.90. The minimum absolute atomic E-state index is 0.993. The molecule has 0 bridgehead atoms. The average Bonchev–Trinajstić information content (AvgIpc) is 2.39. The zero-order valence-corrected chi connectivity index (χ0v) is 13.2. The molecule has 0 aromatic heterocycles. The van der Waals surface area contributed by atoms with E-state index in [-0.39, 0.29) is 0 Å². The zero-order chi connectivity index (χ0) is 13.5. The molecule has 0 amide bonds. The van der Waals surface area contributed by atoms with Crippen LogP contribution in [0, 0.1) is 5.92 Å². The average molecular weight is 252 g/mol. The first-order valence-electron chi connectivity index (χ1n) is 8.50. The van der Waals surface area contributed by atoms with E-state index in [0.717, 1.165) is 5.92 Å². The highest BCUT2D eigenvalue weighted by Gasteiger charge is 2.06. The van der Waals surface area contributed by atoms with Crippen molar-refractivity contribution in [2.45, 2.75) is 97.8 Å². The van der Waals surface area contributed by atoms with Crippen molar-refractivity contribution in [1.29, 1.82) is 0 Å². The third-order valence-electron chi connectivity index (χ3n) is 3.81. The third-order valence-corrected chi connectivity index (χ3v) is 3.81. The number of hydrogen-bond acceptors (Lipinski definition) is 0. The molecule has 0 aromatic rings. The summed E-state index contributed by atoms with van der Waals surface area (Å²) < 4.78 is 0. The second-order valence-corrected chi connectivity index (χ2v) is 5.70. The maximum atomic E-state index is 2.43. The van der Waals surface area contributed by atoms with Gasteiger partial charge in [0.05, 0.1) is 0 Å². The highest BCUT2D eigenvalue weighted by Crippen LogP contribution is 2.22. The van der Waals surface area contributed by atoms with Crippen LogP contribution in [-0.4, -0.2) is 0 Å². The lowest BCUT2D eigenvalue weighted by atomic mass is 9.91. The van der Waals surface area contributed by atoms with Gasteiger partial charge in [-0.15, -0.1) is 0 Å². The van der Waals surface area contributed by atoms with E-state index in [9.17, 15) is 0 Å². The first-order chi connectivity index (χ1) is 8.85. The zero-order valence-electron chi connectivity index (χ0n) is 13.2. The van der Waals surface area contributed by atoms with Crippen molar-refractivity contribution < 1.29 is 0 Å². The predicted molar refractivity (Wildman–Crippen MR) is 85.1 cm³/mol. The van der Waals surface area contributed by atoms with Gasteiger partial charge in [0.1, 0.15) is 0 Å². The van der Waals surface area contributed by atoms with Gasteiger partial charge in [0.25, 0.3) is 0 Å². The lowest BCUT2D eigenvalue weighted by Gasteiger charge is -2.15. The van der Waals surface area contributed by atoms with E-state index < -0.39 is 0 Å². The van der Waals surface area contributed by atoms with E-state index in [4.69, 9.17) is 0 Å². The molecule has 0 saturated carbocycles. The van der Waals surface area contributed by atoms with E-state index in [1.54, 1.807) is 0 Å². The Morgan fingerprint density at radius 1 is 0.611 bits per heavy atom. The van der Waals surface area contributed by atoms with Crippen molar-refractivity contribution in [3.05, 3.63) is 12.2 Å². The molecule has 0 fully saturated rings. The lowest BCUT2D eigenvalue weighted by molar-refractivity contribution is 0.392. The molecule has 18 heavy (non-hydrogen) atoms. The van der Waals surface area contributed by atoms with E-state index in [0.29, 0.717) is 0 Å². The first kappa shape index (κ1) is 17.7. The van der Waals surface area contributed by atoms with Crippen LogP contribution in [0.2, 0.25) is 0 Å². The van der Waals surface area contributed by atoms with Crippen LogP contribution in [-0.2, 0) is 0 Å². The van der Waals surface area contributed by atoms with Crippen LogP contribution >= 0.6 is 0 Å². The lowest BCUT2D eigenvalue weighted by Crippen LogP contribution is -2.00. The Bertz CT molecular complexity index is 169. The van der Waals surface area contributed by atoms with Gasteiger partial charge in [-0.2, -0.15) is 0 Å². The monoisotopic (exact) mass is 252 g/mol. The number of allylic oxidation sites excluding steroid dienone is 2. The fourth-order valence-corrected chi connectivity index (χ4v) is 2.50. The van der Waals surface area contributed by atoms with Gasteiger partial charge < -0.3 is 0 Å². The SMILES string of the molecule is CCCCC=CCCC(CCCC)CCCCC. The normalized spacial score (nSPS) is 13.3. The molecule has 0 aliphatic heterocycles. The van der Waals surface area contributed by atoms with E-state index in [1.165, 1.54) is 77.0 Å². The van der Waals surface area contributed by atoms with Gasteiger partial charge in [0.15, 0.2) is 0 Å². The van der Waals surface area contributed by atoms with Gasteiger partial charge in [0.2, 0.25) is 0 Å². The van der Waals surface area contributed by atoms with E-state index >= 15 is 0 Å². The van der Waals surface area contributed by atoms with Gasteiger partial charge in [-0.3, -0.25) is 0 Å². The molecule has 0 N–H and O–H groups in total. The van der Waals surface area contributed by atoms with Crippen LogP contribution in [0.1, 0.15) is 97.8 Å².